The van der Waals surface area contributed by atoms with Crippen LogP contribution in [0.5, 0.6) is 0 Å². The third-order valence-corrected chi connectivity index (χ3v) is 4.10. The molecular formula is C16H16N4S. The number of nitrogens with one attached hydrogen (secondary N) is 1. The van der Waals surface area contributed by atoms with Gasteiger partial charge in [0.2, 0.25) is 0 Å². The number of nitrogens with zero attached hydrogens (tertiary/aromatic N) is 2. The second-order valence-electron chi connectivity index (χ2n) is 4.80. The normalized spacial score (nSPS) is 12.0. The van der Waals surface area contributed by atoms with E-state index in [0.717, 1.165) is 16.1 Å². The zero-order chi connectivity index (χ0) is 14.7. The summed E-state index contributed by atoms with van der Waals surface area (Å²) in [5.41, 5.74) is 8.93. The monoisotopic (exact) mass is 296 g/mol. The second kappa shape index (κ2) is 5.93. The SMILES string of the molecule is C[C@H](Nc1cncc(-c2cnc(N)s2)c1)c1ccccc1. The number of hydrogen-bond acceptors (Lipinski definition) is 5. The zero-order valence-electron chi connectivity index (χ0n) is 11.7. The summed E-state index contributed by atoms with van der Waals surface area (Å²) in [5, 5.41) is 4.04. The Morgan fingerprint density at radius 1 is 1.14 bits per heavy atom. The molecule has 1 atom stereocenters. The standard InChI is InChI=1S/C16H16N4S/c1-11(12-5-3-2-4-6-12)20-14-7-13(8-18-9-14)15-10-19-16(17)21-15/h2-11,20H,1H3,(H2,17,19)/t11-/m0/s1. The minimum atomic E-state index is 0.217. The molecule has 0 saturated carbocycles. The molecule has 3 rings (SSSR count). The van der Waals surface area contributed by atoms with Crippen molar-refractivity contribution in [2.75, 3.05) is 11.1 Å². The Bertz CT molecular complexity index is 724. The Morgan fingerprint density at radius 3 is 2.67 bits per heavy atom. The van der Waals surface area contributed by atoms with Crippen LogP contribution in [0.1, 0.15) is 18.5 Å². The van der Waals surface area contributed by atoms with Gasteiger partial charge in [0.15, 0.2) is 5.13 Å². The molecule has 3 aromatic rings. The van der Waals surface area contributed by atoms with E-state index in [2.05, 4.69) is 40.4 Å². The van der Waals surface area contributed by atoms with Gasteiger partial charge in [0.25, 0.3) is 0 Å². The highest BCUT2D eigenvalue weighted by Gasteiger charge is 2.07. The summed E-state index contributed by atoms with van der Waals surface area (Å²) in [7, 11) is 0. The van der Waals surface area contributed by atoms with Gasteiger partial charge in [-0.25, -0.2) is 4.98 Å². The van der Waals surface area contributed by atoms with E-state index in [1.54, 1.807) is 6.20 Å². The van der Waals surface area contributed by atoms with Crippen molar-refractivity contribution in [2.45, 2.75) is 13.0 Å². The summed E-state index contributed by atoms with van der Waals surface area (Å²) in [5.74, 6) is 0. The molecule has 0 radical (unpaired) electrons. The molecule has 0 fully saturated rings. The Kier molecular flexibility index (Phi) is 3.83. The molecule has 0 amide bonds. The van der Waals surface area contributed by atoms with Crippen molar-refractivity contribution in [3.05, 3.63) is 60.6 Å². The minimum Gasteiger partial charge on any atom is -0.377 e. The molecule has 0 spiro atoms. The van der Waals surface area contributed by atoms with Crippen LogP contribution in [-0.2, 0) is 0 Å². The predicted octanol–water partition coefficient (Wildman–Crippen LogP) is 3.96. The summed E-state index contributed by atoms with van der Waals surface area (Å²) < 4.78 is 0. The largest absolute Gasteiger partial charge is 0.377 e. The van der Waals surface area contributed by atoms with Gasteiger partial charge in [-0.3, -0.25) is 4.98 Å². The quantitative estimate of drug-likeness (QED) is 0.765. The number of anilines is 2. The molecule has 0 unspecified atom stereocenters. The van der Waals surface area contributed by atoms with Crippen molar-refractivity contribution < 1.29 is 0 Å². The van der Waals surface area contributed by atoms with Crippen LogP contribution < -0.4 is 11.1 Å². The number of thiazole rings is 1. The number of hydrogen-bond donors (Lipinski definition) is 2. The molecule has 5 heteroatoms. The Balaban J connectivity index is 1.80. The molecule has 3 N–H and O–H groups in total. The lowest BCUT2D eigenvalue weighted by Crippen LogP contribution is -2.06. The van der Waals surface area contributed by atoms with Gasteiger partial charge in [0, 0.05) is 30.2 Å². The van der Waals surface area contributed by atoms with Crippen molar-refractivity contribution in [1.82, 2.24) is 9.97 Å². The number of pyridine rings is 1. The van der Waals surface area contributed by atoms with Crippen molar-refractivity contribution in [3.8, 4) is 10.4 Å². The molecule has 0 saturated heterocycles. The number of benzene rings is 1. The lowest BCUT2D eigenvalue weighted by molar-refractivity contribution is 0.883. The van der Waals surface area contributed by atoms with E-state index in [0.29, 0.717) is 5.13 Å². The maximum absolute atomic E-state index is 5.68. The first-order chi connectivity index (χ1) is 10.2. The van der Waals surface area contributed by atoms with Crippen LogP contribution in [0.4, 0.5) is 10.8 Å². The molecule has 1 aromatic carbocycles. The maximum atomic E-state index is 5.68. The van der Waals surface area contributed by atoms with Gasteiger partial charge in [-0.2, -0.15) is 0 Å². The molecule has 0 aliphatic carbocycles. The van der Waals surface area contributed by atoms with Gasteiger partial charge >= 0.3 is 0 Å². The molecule has 0 bridgehead atoms. The highest BCUT2D eigenvalue weighted by atomic mass is 32.1. The molecule has 0 aliphatic rings. The minimum absolute atomic E-state index is 0.217. The fraction of sp³-hybridized carbons (Fsp3) is 0.125. The topological polar surface area (TPSA) is 63.8 Å². The first-order valence-electron chi connectivity index (χ1n) is 6.70. The van der Waals surface area contributed by atoms with Crippen LogP contribution in [0.3, 0.4) is 0 Å². The average molecular weight is 296 g/mol. The molecule has 21 heavy (non-hydrogen) atoms. The van der Waals surface area contributed by atoms with Crippen molar-refractivity contribution >= 4 is 22.2 Å². The second-order valence-corrected chi connectivity index (χ2v) is 5.86. The molecule has 2 aromatic heterocycles. The number of rotatable bonds is 4. The first kappa shape index (κ1) is 13.6. The van der Waals surface area contributed by atoms with Crippen molar-refractivity contribution in [3.63, 3.8) is 0 Å². The summed E-state index contributed by atoms with van der Waals surface area (Å²) in [4.78, 5) is 9.40. The molecule has 106 valence electrons. The van der Waals surface area contributed by atoms with Gasteiger partial charge in [-0.05, 0) is 18.6 Å². The Labute approximate surface area is 127 Å². The lowest BCUT2D eigenvalue weighted by atomic mass is 10.1. The smallest absolute Gasteiger partial charge is 0.180 e. The van der Waals surface area contributed by atoms with E-state index in [9.17, 15) is 0 Å². The van der Waals surface area contributed by atoms with E-state index >= 15 is 0 Å². The fourth-order valence-electron chi connectivity index (χ4n) is 2.15. The lowest BCUT2D eigenvalue weighted by Gasteiger charge is -2.15. The maximum Gasteiger partial charge on any atom is 0.180 e. The third-order valence-electron chi connectivity index (χ3n) is 3.23. The van der Waals surface area contributed by atoms with Crippen LogP contribution in [0.2, 0.25) is 0 Å². The third kappa shape index (κ3) is 3.20. The van der Waals surface area contributed by atoms with E-state index in [4.69, 9.17) is 5.73 Å². The summed E-state index contributed by atoms with van der Waals surface area (Å²) in [6.45, 7) is 2.13. The highest BCUT2D eigenvalue weighted by molar-refractivity contribution is 7.18. The highest BCUT2D eigenvalue weighted by Crippen LogP contribution is 2.29. The summed E-state index contributed by atoms with van der Waals surface area (Å²) in [6.07, 6.45) is 5.43. The molecule has 4 nitrogen and oxygen atoms in total. The summed E-state index contributed by atoms with van der Waals surface area (Å²) in [6, 6.07) is 12.6. The first-order valence-corrected chi connectivity index (χ1v) is 7.52. The number of aromatic nitrogens is 2. The van der Waals surface area contributed by atoms with Crippen LogP contribution >= 0.6 is 11.3 Å². The molecule has 0 aliphatic heterocycles. The molecule has 2 heterocycles. The van der Waals surface area contributed by atoms with E-state index in [-0.39, 0.29) is 6.04 Å². The number of nitrogen functional groups attached to an aromatic ring is 1. The van der Waals surface area contributed by atoms with Gasteiger partial charge in [0.1, 0.15) is 0 Å². The predicted molar refractivity (Wildman–Crippen MR) is 88.2 cm³/mol. The van der Waals surface area contributed by atoms with Crippen LogP contribution in [0.15, 0.2) is 55.0 Å². The van der Waals surface area contributed by atoms with Crippen molar-refractivity contribution in [1.29, 1.82) is 0 Å². The van der Waals surface area contributed by atoms with Crippen molar-refractivity contribution in [2.24, 2.45) is 0 Å². The number of nitrogens with two attached hydrogens (primary N) is 1. The van der Waals surface area contributed by atoms with Crippen LogP contribution in [-0.4, -0.2) is 9.97 Å². The van der Waals surface area contributed by atoms with Gasteiger partial charge in [-0.15, -0.1) is 0 Å². The van der Waals surface area contributed by atoms with Gasteiger partial charge in [-0.1, -0.05) is 41.7 Å². The van der Waals surface area contributed by atoms with E-state index in [1.807, 2.05) is 30.6 Å². The Hall–Kier alpha value is -2.40. The van der Waals surface area contributed by atoms with Gasteiger partial charge in [0.05, 0.1) is 10.6 Å². The van der Waals surface area contributed by atoms with Crippen LogP contribution in [0, 0.1) is 0 Å². The average Bonchev–Trinajstić information content (AvgIpc) is 2.95. The fourth-order valence-corrected chi connectivity index (χ4v) is 2.82. The van der Waals surface area contributed by atoms with Crippen LogP contribution in [0.25, 0.3) is 10.4 Å². The van der Waals surface area contributed by atoms with Gasteiger partial charge < -0.3 is 11.1 Å². The molecular weight excluding hydrogens is 280 g/mol. The zero-order valence-corrected chi connectivity index (χ0v) is 12.5. The van der Waals surface area contributed by atoms with E-state index < -0.39 is 0 Å². The summed E-state index contributed by atoms with van der Waals surface area (Å²) >= 11 is 1.46. The van der Waals surface area contributed by atoms with E-state index in [1.165, 1.54) is 16.9 Å². The Morgan fingerprint density at radius 2 is 1.95 bits per heavy atom.